The second-order valence-corrected chi connectivity index (χ2v) is 16.1. The third-order valence-electron chi connectivity index (χ3n) is 6.19. The number of anilines is 2. The summed E-state index contributed by atoms with van der Waals surface area (Å²) in [6.45, 7) is 6.74. The number of nitrogens with zero attached hydrogens (tertiary/aromatic N) is 4. The number of aromatic nitrogens is 4. The maximum atomic E-state index is 14.4. The number of carbonyl (C=O) groups excluding carboxylic acids is 2. The largest absolute Gasteiger partial charge is 0.450 e. The number of halogens is 1. The van der Waals surface area contributed by atoms with Crippen molar-refractivity contribution in [3.05, 3.63) is 42.2 Å². The third-order valence-corrected chi connectivity index (χ3v) is 7.90. The van der Waals surface area contributed by atoms with Crippen LogP contribution >= 0.6 is 0 Å². The van der Waals surface area contributed by atoms with E-state index in [1.54, 1.807) is 30.3 Å². The molecule has 13 nitrogen and oxygen atoms in total. The van der Waals surface area contributed by atoms with Gasteiger partial charge in [0.2, 0.25) is 5.95 Å². The highest BCUT2D eigenvalue weighted by atomic mass is 28.3. The molecule has 2 aromatic heterocycles. The van der Waals surface area contributed by atoms with Crippen molar-refractivity contribution in [3.63, 3.8) is 0 Å². The summed E-state index contributed by atoms with van der Waals surface area (Å²) < 4.78 is 26.5. The predicted molar refractivity (Wildman–Crippen MR) is 148 cm³/mol. The van der Waals surface area contributed by atoms with Crippen molar-refractivity contribution < 1.29 is 33.7 Å². The first kappa shape index (κ1) is 29.3. The molecule has 1 aromatic carbocycles. The third kappa shape index (κ3) is 7.10. The number of alkyl carbamates (subject to hydrolysis) is 1. The Labute approximate surface area is 231 Å². The number of imidazole rings is 1. The van der Waals surface area contributed by atoms with Crippen LogP contribution in [0.3, 0.4) is 0 Å². The first-order chi connectivity index (χ1) is 19.1. The molecule has 40 heavy (non-hydrogen) atoms. The summed E-state index contributed by atoms with van der Waals surface area (Å²) in [5, 5.41) is 28.2. The van der Waals surface area contributed by atoms with Crippen LogP contribution in [0.1, 0.15) is 16.6 Å². The van der Waals surface area contributed by atoms with Crippen molar-refractivity contribution in [2.45, 2.75) is 50.3 Å². The van der Waals surface area contributed by atoms with Crippen LogP contribution in [-0.2, 0) is 9.47 Å². The minimum atomic E-state index is -1.82. The molecule has 0 spiro atoms. The Morgan fingerprint density at radius 3 is 2.60 bits per heavy atom. The number of ether oxygens (including phenoxy) is 2. The minimum Gasteiger partial charge on any atom is -0.450 e. The predicted octanol–water partition coefficient (Wildman–Crippen LogP) is 2.14. The maximum Gasteiger partial charge on any atom is 0.407 e. The van der Waals surface area contributed by atoms with Crippen molar-refractivity contribution in [2.24, 2.45) is 0 Å². The van der Waals surface area contributed by atoms with Gasteiger partial charge >= 0.3 is 6.09 Å². The number of hydrogen-bond donors (Lipinski definition) is 5. The van der Waals surface area contributed by atoms with Gasteiger partial charge in [-0.3, -0.25) is 9.36 Å². The van der Waals surface area contributed by atoms with E-state index in [1.165, 1.54) is 10.9 Å². The summed E-state index contributed by atoms with van der Waals surface area (Å²) in [5.41, 5.74) is 0.715. The molecule has 1 fully saturated rings. The smallest absolute Gasteiger partial charge is 0.407 e. The molecule has 1 aliphatic rings. The first-order valence-corrected chi connectivity index (χ1v) is 16.6. The molecule has 216 valence electrons. The second-order valence-electron chi connectivity index (χ2n) is 10.5. The van der Waals surface area contributed by atoms with E-state index in [9.17, 15) is 24.2 Å². The van der Waals surface area contributed by atoms with Gasteiger partial charge in [-0.2, -0.15) is 9.97 Å². The Morgan fingerprint density at radius 2 is 1.93 bits per heavy atom. The van der Waals surface area contributed by atoms with Gasteiger partial charge in [0.05, 0.1) is 19.5 Å². The highest BCUT2D eigenvalue weighted by Crippen LogP contribution is 2.34. The van der Waals surface area contributed by atoms with Gasteiger partial charge in [0.1, 0.15) is 12.2 Å². The zero-order valence-electron chi connectivity index (χ0n) is 22.5. The van der Waals surface area contributed by atoms with Crippen LogP contribution in [0, 0.1) is 0 Å². The zero-order valence-corrected chi connectivity index (χ0v) is 23.5. The van der Waals surface area contributed by atoms with E-state index in [1.807, 2.05) is 0 Å². The molecule has 3 aromatic rings. The normalized spacial score (nSPS) is 20.9. The molecular formula is C25H34FN7O6Si. The Morgan fingerprint density at radius 1 is 1.18 bits per heavy atom. The molecule has 4 atom stereocenters. The number of benzene rings is 1. The first-order valence-electron chi connectivity index (χ1n) is 12.9. The number of fused-ring (bicyclic) bond motifs is 1. The Balaban J connectivity index is 1.52. The number of alkyl halides is 1. The number of aliphatic hydroxyl groups excluding tert-OH is 2. The summed E-state index contributed by atoms with van der Waals surface area (Å²) in [7, 11) is -1.32. The van der Waals surface area contributed by atoms with Crippen molar-refractivity contribution in [3.8, 4) is 0 Å². The number of carbonyl (C=O) groups is 2. The van der Waals surface area contributed by atoms with Gasteiger partial charge in [-0.05, 0) is 18.2 Å². The van der Waals surface area contributed by atoms with Gasteiger partial charge < -0.3 is 35.6 Å². The highest BCUT2D eigenvalue weighted by molar-refractivity contribution is 6.76. The molecule has 1 saturated heterocycles. The van der Waals surface area contributed by atoms with Crippen molar-refractivity contribution in [2.75, 3.05) is 36.9 Å². The van der Waals surface area contributed by atoms with Gasteiger partial charge in [-0.1, -0.05) is 37.8 Å². The van der Waals surface area contributed by atoms with Crippen LogP contribution < -0.4 is 16.0 Å². The number of hydrogen-bond acceptors (Lipinski definition) is 10. The molecule has 3 heterocycles. The van der Waals surface area contributed by atoms with Crippen LogP contribution in [0.5, 0.6) is 0 Å². The lowest BCUT2D eigenvalue weighted by molar-refractivity contribution is -0.0495. The second kappa shape index (κ2) is 12.7. The number of aliphatic hydroxyl groups is 2. The topological polar surface area (TPSA) is 173 Å². The Kier molecular flexibility index (Phi) is 9.29. The minimum absolute atomic E-state index is 0.0711. The molecule has 4 rings (SSSR count). The molecule has 0 aliphatic carbocycles. The van der Waals surface area contributed by atoms with Crippen LogP contribution in [-0.4, -0.2) is 94.5 Å². The average Bonchev–Trinajstić information content (AvgIpc) is 3.46. The van der Waals surface area contributed by atoms with E-state index < -0.39 is 51.3 Å². The van der Waals surface area contributed by atoms with Crippen LogP contribution in [0.4, 0.5) is 21.0 Å². The van der Waals surface area contributed by atoms with Crippen LogP contribution in [0.2, 0.25) is 25.7 Å². The van der Waals surface area contributed by atoms with E-state index >= 15 is 0 Å². The monoisotopic (exact) mass is 575 g/mol. The quantitative estimate of drug-likeness (QED) is 0.168. The standard InChI is InChI=1S/C25H34FN7O6Si/c1-40(2,3)12-11-38-25(37)28-10-9-27-24-31-20(30-22(36)15-7-5-4-6-8-15)18-21(32-24)33(14-29-18)23-19(35)17(26)16(13-34)39-23/h4-8,14,16-17,19,23,34-35H,9-13H2,1-3H3,(H,28,37)(H2,27,30,31,32,36)/t16-,17-,19+,23-/m1/s1. The number of rotatable bonds is 11. The fourth-order valence-electron chi connectivity index (χ4n) is 3.96. The molecule has 0 saturated carbocycles. The summed E-state index contributed by atoms with van der Waals surface area (Å²) in [5.74, 6) is -0.290. The number of nitrogens with one attached hydrogen (secondary N) is 3. The summed E-state index contributed by atoms with van der Waals surface area (Å²) in [4.78, 5) is 37.9. The highest BCUT2D eigenvalue weighted by Gasteiger charge is 2.45. The molecule has 1 aliphatic heterocycles. The van der Waals surface area contributed by atoms with Crippen LogP contribution in [0.25, 0.3) is 11.2 Å². The van der Waals surface area contributed by atoms with Gasteiger partial charge in [0, 0.05) is 26.7 Å². The Bertz CT molecular complexity index is 1320. The number of amides is 2. The molecule has 0 radical (unpaired) electrons. The molecule has 2 amide bonds. The Hall–Kier alpha value is -3.66. The summed E-state index contributed by atoms with van der Waals surface area (Å²) in [6.07, 6.45) is -5.08. The van der Waals surface area contributed by atoms with Gasteiger partial charge in [0.15, 0.2) is 29.4 Å². The lowest BCUT2D eigenvalue weighted by Crippen LogP contribution is -2.31. The maximum absolute atomic E-state index is 14.4. The van der Waals surface area contributed by atoms with E-state index in [0.717, 1.165) is 6.04 Å². The summed E-state index contributed by atoms with van der Waals surface area (Å²) >= 11 is 0. The molecule has 5 N–H and O–H groups in total. The SMILES string of the molecule is C[Si](C)(C)CCOC(=O)NCCNc1nc(NC(=O)c2ccccc2)c2ncn([C@@H]3O[C@H](CO)[C@@H](F)[C@@H]3O)c2n1. The van der Waals surface area contributed by atoms with E-state index in [0.29, 0.717) is 12.2 Å². The molecular weight excluding hydrogens is 541 g/mol. The lowest BCUT2D eigenvalue weighted by Gasteiger charge is -2.17. The van der Waals surface area contributed by atoms with Crippen molar-refractivity contribution >= 4 is 43.0 Å². The fraction of sp³-hybridized carbons (Fsp3) is 0.480. The van der Waals surface area contributed by atoms with Gasteiger partial charge in [-0.15, -0.1) is 0 Å². The molecule has 0 bridgehead atoms. The summed E-state index contributed by atoms with van der Waals surface area (Å²) in [6, 6.07) is 9.36. The van der Waals surface area contributed by atoms with Crippen molar-refractivity contribution in [1.82, 2.24) is 24.8 Å². The molecule has 0 unspecified atom stereocenters. The van der Waals surface area contributed by atoms with E-state index in [4.69, 9.17) is 9.47 Å². The van der Waals surface area contributed by atoms with Gasteiger partial charge in [-0.25, -0.2) is 14.2 Å². The van der Waals surface area contributed by atoms with E-state index in [2.05, 4.69) is 50.5 Å². The lowest BCUT2D eigenvalue weighted by atomic mass is 10.1. The molecule has 15 heteroatoms. The van der Waals surface area contributed by atoms with Crippen LogP contribution in [0.15, 0.2) is 36.7 Å². The fourth-order valence-corrected chi connectivity index (χ4v) is 4.68. The average molecular weight is 576 g/mol. The zero-order chi connectivity index (χ0) is 28.9. The van der Waals surface area contributed by atoms with Gasteiger partial charge in [0.25, 0.3) is 5.91 Å². The van der Waals surface area contributed by atoms with E-state index in [-0.39, 0.29) is 36.0 Å². The van der Waals surface area contributed by atoms with Crippen molar-refractivity contribution in [1.29, 1.82) is 0 Å².